The van der Waals surface area contributed by atoms with Crippen LogP contribution in [0.25, 0.3) is 0 Å². The molecule has 0 atom stereocenters. The molecule has 1 amide bonds. The molecule has 0 aliphatic heterocycles. The van der Waals surface area contributed by atoms with Gasteiger partial charge in [-0.3, -0.25) is 4.79 Å². The summed E-state index contributed by atoms with van der Waals surface area (Å²) in [6.45, 7) is 1.94. The van der Waals surface area contributed by atoms with Crippen molar-refractivity contribution >= 4 is 23.3 Å². The van der Waals surface area contributed by atoms with Crippen molar-refractivity contribution in [1.82, 2.24) is 0 Å². The maximum atomic E-state index is 12.2. The van der Waals surface area contributed by atoms with Crippen LogP contribution >= 0.6 is 0 Å². The second-order valence-corrected chi connectivity index (χ2v) is 6.11. The Bertz CT molecular complexity index is 1030. The Kier molecular flexibility index (Phi) is 6.32. The van der Waals surface area contributed by atoms with E-state index in [0.717, 1.165) is 5.56 Å². The number of benzene rings is 3. The molecule has 3 aromatic carbocycles. The van der Waals surface area contributed by atoms with Crippen LogP contribution in [0.2, 0.25) is 0 Å². The van der Waals surface area contributed by atoms with E-state index in [0.29, 0.717) is 28.3 Å². The number of hydrogen-bond acceptors (Lipinski definition) is 6. The lowest BCUT2D eigenvalue weighted by Crippen LogP contribution is -2.11. The van der Waals surface area contributed by atoms with E-state index in [-0.39, 0.29) is 0 Å². The maximum absolute atomic E-state index is 12.2. The average molecular weight is 389 g/mol. The minimum atomic E-state index is -0.574. The van der Waals surface area contributed by atoms with Crippen molar-refractivity contribution in [3.05, 3.63) is 89.5 Å². The fourth-order valence-corrected chi connectivity index (χ4v) is 2.43. The molecule has 0 spiro atoms. The third kappa shape index (κ3) is 5.26. The number of carbonyl (C=O) groups excluding carboxylic acids is 2. The summed E-state index contributed by atoms with van der Waals surface area (Å²) < 4.78 is 5.14. The number of anilines is 1. The molecule has 0 saturated heterocycles. The summed E-state index contributed by atoms with van der Waals surface area (Å²) >= 11 is 0. The second-order valence-electron chi connectivity index (χ2n) is 6.11. The molecule has 7 heteroatoms. The van der Waals surface area contributed by atoms with E-state index >= 15 is 0 Å². The Morgan fingerprint density at radius 2 is 1.59 bits per heavy atom. The highest BCUT2D eigenvalue weighted by Gasteiger charge is 2.13. The van der Waals surface area contributed by atoms with Gasteiger partial charge in [-0.25, -0.2) is 10.3 Å². The lowest BCUT2D eigenvalue weighted by atomic mass is 10.1. The largest absolute Gasteiger partial charge is 0.496 e. The third-order valence-corrected chi connectivity index (χ3v) is 4.01. The van der Waals surface area contributed by atoms with Gasteiger partial charge in [-0.2, -0.15) is 0 Å². The van der Waals surface area contributed by atoms with Crippen LogP contribution in [0.15, 0.2) is 83.0 Å². The summed E-state index contributed by atoms with van der Waals surface area (Å²) in [6.07, 6.45) is 0. The van der Waals surface area contributed by atoms with E-state index in [1.54, 1.807) is 60.7 Å². The van der Waals surface area contributed by atoms with E-state index in [2.05, 4.69) is 15.7 Å². The zero-order valence-electron chi connectivity index (χ0n) is 16.0. The van der Waals surface area contributed by atoms with Crippen LogP contribution in [0, 0.1) is 6.92 Å². The lowest BCUT2D eigenvalue weighted by Gasteiger charge is -2.09. The number of para-hydroxylation sites is 1. The first-order valence-electron chi connectivity index (χ1n) is 8.80. The number of methoxy groups -OCH3 is 1. The van der Waals surface area contributed by atoms with Gasteiger partial charge in [0.2, 0.25) is 0 Å². The van der Waals surface area contributed by atoms with E-state index in [4.69, 9.17) is 9.57 Å². The molecule has 0 fully saturated rings. The first-order chi connectivity index (χ1) is 14.1. The van der Waals surface area contributed by atoms with E-state index in [1.807, 2.05) is 19.1 Å². The van der Waals surface area contributed by atoms with Crippen LogP contribution in [0.1, 0.15) is 26.3 Å². The van der Waals surface area contributed by atoms with Crippen LogP contribution in [0.5, 0.6) is 5.75 Å². The summed E-state index contributed by atoms with van der Waals surface area (Å²) in [4.78, 5) is 29.3. The summed E-state index contributed by atoms with van der Waals surface area (Å²) in [5.74, 6) is -0.568. The van der Waals surface area contributed by atoms with Crippen molar-refractivity contribution in [2.75, 3.05) is 12.6 Å². The summed E-state index contributed by atoms with van der Waals surface area (Å²) in [7, 11) is 1.48. The van der Waals surface area contributed by atoms with Crippen molar-refractivity contribution in [2.45, 2.75) is 6.92 Å². The van der Waals surface area contributed by atoms with Crippen LogP contribution in [-0.4, -0.2) is 19.0 Å². The predicted molar refractivity (Wildman–Crippen MR) is 108 cm³/mol. The Labute approximate surface area is 168 Å². The standard InChI is InChI=1S/C22H19N3O4/c1-15-7-9-16(10-8-15)21(26)24-23-17-11-13-18(14-12-17)25-29-22(27)19-5-3-4-6-20(19)28-2/h3-14,25H,1-2H3. The number of nitrogens with zero attached hydrogens (tertiary/aromatic N) is 2. The first kappa shape index (κ1) is 19.8. The summed E-state index contributed by atoms with van der Waals surface area (Å²) in [5, 5.41) is 7.66. The molecule has 0 aliphatic rings. The molecule has 7 nitrogen and oxygen atoms in total. The molecule has 0 unspecified atom stereocenters. The number of rotatable bonds is 6. The fourth-order valence-electron chi connectivity index (χ4n) is 2.43. The quantitative estimate of drug-likeness (QED) is 0.467. The monoisotopic (exact) mass is 389 g/mol. The number of carbonyl (C=O) groups is 2. The number of azo groups is 1. The summed E-state index contributed by atoms with van der Waals surface area (Å²) in [5.41, 5.74) is 5.45. The first-order valence-corrected chi connectivity index (χ1v) is 8.80. The Balaban J connectivity index is 1.58. The van der Waals surface area contributed by atoms with Crippen molar-refractivity contribution in [1.29, 1.82) is 0 Å². The molecular weight excluding hydrogens is 370 g/mol. The molecule has 0 bridgehead atoms. The van der Waals surface area contributed by atoms with Crippen LogP contribution in [0.4, 0.5) is 11.4 Å². The van der Waals surface area contributed by atoms with Crippen molar-refractivity contribution in [3.8, 4) is 5.75 Å². The van der Waals surface area contributed by atoms with Gasteiger partial charge in [0, 0.05) is 5.56 Å². The minimum Gasteiger partial charge on any atom is -0.496 e. The van der Waals surface area contributed by atoms with Crippen LogP contribution in [0.3, 0.4) is 0 Å². The van der Waals surface area contributed by atoms with Gasteiger partial charge in [0.1, 0.15) is 11.3 Å². The highest BCUT2D eigenvalue weighted by atomic mass is 16.7. The molecule has 3 aromatic rings. The second kappa shape index (κ2) is 9.27. The maximum Gasteiger partial charge on any atom is 0.366 e. The Morgan fingerprint density at radius 3 is 2.28 bits per heavy atom. The number of nitrogens with one attached hydrogen (secondary N) is 1. The van der Waals surface area contributed by atoms with Crippen LogP contribution in [-0.2, 0) is 4.84 Å². The molecule has 3 rings (SSSR count). The van der Waals surface area contributed by atoms with E-state index < -0.39 is 11.9 Å². The van der Waals surface area contributed by atoms with Gasteiger partial charge >= 0.3 is 5.97 Å². The molecule has 29 heavy (non-hydrogen) atoms. The predicted octanol–water partition coefficient (Wildman–Crippen LogP) is 5.11. The number of ether oxygens (including phenoxy) is 1. The van der Waals surface area contributed by atoms with E-state index in [9.17, 15) is 9.59 Å². The Hall–Kier alpha value is -4.00. The Morgan fingerprint density at radius 1 is 0.897 bits per heavy atom. The smallest absolute Gasteiger partial charge is 0.366 e. The van der Waals surface area contributed by atoms with Crippen molar-refractivity contribution < 1.29 is 19.2 Å². The van der Waals surface area contributed by atoms with Gasteiger partial charge in [0.15, 0.2) is 0 Å². The number of hydrogen-bond donors (Lipinski definition) is 1. The molecule has 0 radical (unpaired) electrons. The normalized spacial score (nSPS) is 10.6. The summed E-state index contributed by atoms with van der Waals surface area (Å²) in [6, 6.07) is 20.5. The van der Waals surface area contributed by atoms with Gasteiger partial charge < -0.3 is 9.57 Å². The van der Waals surface area contributed by atoms with Crippen LogP contribution < -0.4 is 10.2 Å². The number of amides is 1. The molecular formula is C22H19N3O4. The van der Waals surface area contributed by atoms with Gasteiger partial charge in [-0.1, -0.05) is 29.8 Å². The zero-order valence-corrected chi connectivity index (χ0v) is 16.0. The topological polar surface area (TPSA) is 89.3 Å². The molecule has 0 aromatic heterocycles. The highest BCUT2D eigenvalue weighted by molar-refractivity contribution is 5.94. The lowest BCUT2D eigenvalue weighted by molar-refractivity contribution is 0.0592. The molecule has 146 valence electrons. The highest BCUT2D eigenvalue weighted by Crippen LogP contribution is 2.20. The minimum absolute atomic E-state index is 0.308. The van der Waals surface area contributed by atoms with Gasteiger partial charge in [0.05, 0.1) is 18.5 Å². The molecule has 0 aliphatic carbocycles. The van der Waals surface area contributed by atoms with Crippen molar-refractivity contribution in [2.24, 2.45) is 10.2 Å². The zero-order chi connectivity index (χ0) is 20.6. The SMILES string of the molecule is COc1ccccc1C(=O)ONc1ccc(N=NC(=O)c2ccc(C)cc2)cc1. The van der Waals surface area contributed by atoms with Gasteiger partial charge in [0.25, 0.3) is 5.91 Å². The third-order valence-electron chi connectivity index (χ3n) is 4.01. The van der Waals surface area contributed by atoms with Crippen molar-refractivity contribution in [3.63, 3.8) is 0 Å². The average Bonchev–Trinajstić information content (AvgIpc) is 2.77. The fraction of sp³-hybridized carbons (Fsp3) is 0.0909. The molecule has 0 saturated carbocycles. The van der Waals surface area contributed by atoms with Gasteiger partial charge in [-0.05, 0) is 55.5 Å². The molecule has 1 N–H and O–H groups in total. The van der Waals surface area contributed by atoms with E-state index in [1.165, 1.54) is 7.11 Å². The number of aryl methyl sites for hydroxylation is 1. The van der Waals surface area contributed by atoms with Gasteiger partial charge in [-0.15, -0.1) is 10.2 Å². The molecule has 0 heterocycles.